The quantitative estimate of drug-likeness (QED) is 0.784. The summed E-state index contributed by atoms with van der Waals surface area (Å²) in [5.41, 5.74) is 8.73. The van der Waals surface area contributed by atoms with Gasteiger partial charge in [0.15, 0.2) is 0 Å². The molecule has 96 valence electrons. The molecule has 0 saturated heterocycles. The number of benzene rings is 2. The predicted octanol–water partition coefficient (Wildman–Crippen LogP) is 3.57. The number of nitrogen functional groups attached to an aromatic ring is 1. The Labute approximate surface area is 118 Å². The minimum absolute atomic E-state index is 0.241. The maximum Gasteiger partial charge on any atom is 0.201 e. The molecule has 3 rings (SSSR count). The highest BCUT2D eigenvalue weighted by molar-refractivity contribution is 9.10. The molecule has 19 heavy (non-hydrogen) atoms. The molecule has 0 aliphatic heterocycles. The fraction of sp³-hybridized carbons (Fsp3) is 0.0714. The summed E-state index contributed by atoms with van der Waals surface area (Å²) in [6.45, 7) is 0.569. The van der Waals surface area contributed by atoms with Crippen LogP contribution in [0, 0.1) is 5.82 Å². The van der Waals surface area contributed by atoms with Gasteiger partial charge in [-0.2, -0.15) is 0 Å². The monoisotopic (exact) mass is 319 g/mol. The third kappa shape index (κ3) is 2.33. The van der Waals surface area contributed by atoms with Crippen molar-refractivity contribution in [3.8, 4) is 0 Å². The lowest BCUT2D eigenvalue weighted by Gasteiger charge is -2.06. The van der Waals surface area contributed by atoms with Gasteiger partial charge in [-0.05, 0) is 35.9 Å². The van der Waals surface area contributed by atoms with E-state index in [0.29, 0.717) is 12.5 Å². The largest absolute Gasteiger partial charge is 0.369 e. The van der Waals surface area contributed by atoms with Crippen LogP contribution in [0.4, 0.5) is 10.3 Å². The van der Waals surface area contributed by atoms with E-state index in [1.165, 1.54) is 12.1 Å². The Hall–Kier alpha value is -1.88. The number of rotatable bonds is 2. The molecular formula is C14H11BrFN3. The van der Waals surface area contributed by atoms with Crippen LogP contribution >= 0.6 is 15.9 Å². The second-order valence-corrected chi connectivity index (χ2v) is 5.23. The SMILES string of the molecule is Nc1nc2ccc(Br)cc2n1Cc1ccc(F)cc1. The maximum absolute atomic E-state index is 12.9. The Kier molecular flexibility index (Phi) is 2.98. The Morgan fingerprint density at radius 1 is 1.16 bits per heavy atom. The lowest BCUT2D eigenvalue weighted by molar-refractivity contribution is 0.626. The van der Waals surface area contributed by atoms with Crippen molar-refractivity contribution in [1.29, 1.82) is 0 Å². The zero-order valence-corrected chi connectivity index (χ0v) is 11.6. The molecule has 0 atom stereocenters. The molecule has 0 aliphatic rings. The molecule has 0 aliphatic carbocycles. The van der Waals surface area contributed by atoms with Gasteiger partial charge in [-0.1, -0.05) is 28.1 Å². The first-order valence-electron chi connectivity index (χ1n) is 5.79. The third-order valence-corrected chi connectivity index (χ3v) is 3.49. The van der Waals surface area contributed by atoms with E-state index in [0.717, 1.165) is 21.1 Å². The van der Waals surface area contributed by atoms with Gasteiger partial charge in [0.05, 0.1) is 17.6 Å². The molecular weight excluding hydrogens is 309 g/mol. The Bertz CT molecular complexity index is 734. The van der Waals surface area contributed by atoms with E-state index in [9.17, 15) is 4.39 Å². The second kappa shape index (κ2) is 4.66. The maximum atomic E-state index is 12.9. The summed E-state index contributed by atoms with van der Waals surface area (Å²) in [7, 11) is 0. The predicted molar refractivity (Wildman–Crippen MR) is 77.3 cm³/mol. The number of aromatic nitrogens is 2. The first-order valence-corrected chi connectivity index (χ1v) is 6.58. The van der Waals surface area contributed by atoms with Crippen LogP contribution in [0.1, 0.15) is 5.56 Å². The van der Waals surface area contributed by atoms with Gasteiger partial charge in [0.25, 0.3) is 0 Å². The number of nitrogens with two attached hydrogens (primary N) is 1. The standard InChI is InChI=1S/C14H11BrFN3/c15-10-3-6-12-13(7-10)19(14(17)18-12)8-9-1-4-11(16)5-2-9/h1-7H,8H2,(H2,17,18). The van der Waals surface area contributed by atoms with Crippen LogP contribution in [-0.4, -0.2) is 9.55 Å². The van der Waals surface area contributed by atoms with Crippen LogP contribution in [0.2, 0.25) is 0 Å². The van der Waals surface area contributed by atoms with E-state index < -0.39 is 0 Å². The van der Waals surface area contributed by atoms with Gasteiger partial charge in [-0.3, -0.25) is 0 Å². The number of hydrogen-bond donors (Lipinski definition) is 1. The van der Waals surface area contributed by atoms with Crippen LogP contribution < -0.4 is 5.73 Å². The second-order valence-electron chi connectivity index (χ2n) is 4.32. The Morgan fingerprint density at radius 3 is 2.63 bits per heavy atom. The normalized spacial score (nSPS) is 11.1. The molecule has 0 radical (unpaired) electrons. The summed E-state index contributed by atoms with van der Waals surface area (Å²) in [6.07, 6.45) is 0. The van der Waals surface area contributed by atoms with Crippen molar-refractivity contribution >= 4 is 32.9 Å². The van der Waals surface area contributed by atoms with E-state index in [1.807, 2.05) is 22.8 Å². The lowest BCUT2D eigenvalue weighted by atomic mass is 10.2. The zero-order valence-electron chi connectivity index (χ0n) is 9.98. The van der Waals surface area contributed by atoms with Crippen molar-refractivity contribution in [2.24, 2.45) is 0 Å². The molecule has 0 spiro atoms. The van der Waals surface area contributed by atoms with Crippen molar-refractivity contribution in [3.63, 3.8) is 0 Å². The van der Waals surface area contributed by atoms with Crippen molar-refractivity contribution in [3.05, 3.63) is 58.3 Å². The lowest BCUT2D eigenvalue weighted by Crippen LogP contribution is -2.04. The Balaban J connectivity index is 2.06. The van der Waals surface area contributed by atoms with Crippen molar-refractivity contribution in [2.45, 2.75) is 6.54 Å². The third-order valence-electron chi connectivity index (χ3n) is 2.99. The molecule has 3 aromatic rings. The molecule has 1 aromatic heterocycles. The highest BCUT2D eigenvalue weighted by Crippen LogP contribution is 2.23. The van der Waals surface area contributed by atoms with Crippen LogP contribution in [-0.2, 0) is 6.54 Å². The number of imidazole rings is 1. The van der Waals surface area contributed by atoms with E-state index in [-0.39, 0.29) is 5.82 Å². The average molecular weight is 320 g/mol. The first-order chi connectivity index (χ1) is 9.13. The van der Waals surface area contributed by atoms with E-state index >= 15 is 0 Å². The van der Waals surface area contributed by atoms with E-state index in [4.69, 9.17) is 5.73 Å². The van der Waals surface area contributed by atoms with Crippen molar-refractivity contribution in [2.75, 3.05) is 5.73 Å². The van der Waals surface area contributed by atoms with Gasteiger partial charge in [-0.15, -0.1) is 0 Å². The number of halogens is 2. The van der Waals surface area contributed by atoms with Crippen LogP contribution in [0.5, 0.6) is 0 Å². The molecule has 0 unspecified atom stereocenters. The summed E-state index contributed by atoms with van der Waals surface area (Å²) in [5, 5.41) is 0. The minimum Gasteiger partial charge on any atom is -0.369 e. The summed E-state index contributed by atoms with van der Waals surface area (Å²) in [4.78, 5) is 4.31. The highest BCUT2D eigenvalue weighted by Gasteiger charge is 2.09. The van der Waals surface area contributed by atoms with Crippen molar-refractivity contribution in [1.82, 2.24) is 9.55 Å². The molecule has 5 heteroatoms. The van der Waals surface area contributed by atoms with E-state index in [1.54, 1.807) is 12.1 Å². The number of anilines is 1. The molecule has 0 fully saturated rings. The minimum atomic E-state index is -0.241. The number of fused-ring (bicyclic) bond motifs is 1. The van der Waals surface area contributed by atoms with Gasteiger partial charge in [0.1, 0.15) is 5.82 Å². The fourth-order valence-electron chi connectivity index (χ4n) is 2.05. The molecule has 2 N–H and O–H groups in total. The Morgan fingerprint density at radius 2 is 1.89 bits per heavy atom. The summed E-state index contributed by atoms with van der Waals surface area (Å²) in [6, 6.07) is 12.2. The van der Waals surface area contributed by atoms with Gasteiger partial charge in [-0.25, -0.2) is 9.37 Å². The van der Waals surface area contributed by atoms with Gasteiger partial charge in [0, 0.05) is 4.47 Å². The van der Waals surface area contributed by atoms with Crippen LogP contribution in [0.15, 0.2) is 46.9 Å². The highest BCUT2D eigenvalue weighted by atomic mass is 79.9. The van der Waals surface area contributed by atoms with E-state index in [2.05, 4.69) is 20.9 Å². The summed E-state index contributed by atoms with van der Waals surface area (Å²) < 4.78 is 15.8. The van der Waals surface area contributed by atoms with Gasteiger partial charge in [0.2, 0.25) is 5.95 Å². The molecule has 3 nitrogen and oxygen atoms in total. The van der Waals surface area contributed by atoms with Crippen molar-refractivity contribution < 1.29 is 4.39 Å². The average Bonchev–Trinajstić information content (AvgIpc) is 2.69. The van der Waals surface area contributed by atoms with Gasteiger partial charge >= 0.3 is 0 Å². The molecule has 0 saturated carbocycles. The number of hydrogen-bond acceptors (Lipinski definition) is 2. The molecule has 2 aromatic carbocycles. The van der Waals surface area contributed by atoms with Crippen LogP contribution in [0.25, 0.3) is 11.0 Å². The summed E-state index contributed by atoms with van der Waals surface area (Å²) >= 11 is 3.44. The zero-order chi connectivity index (χ0) is 13.4. The van der Waals surface area contributed by atoms with Gasteiger partial charge < -0.3 is 10.3 Å². The van der Waals surface area contributed by atoms with Crippen LogP contribution in [0.3, 0.4) is 0 Å². The fourth-order valence-corrected chi connectivity index (χ4v) is 2.40. The topological polar surface area (TPSA) is 43.8 Å². The molecule has 0 bridgehead atoms. The molecule has 0 amide bonds. The molecule has 1 heterocycles. The first kappa shape index (κ1) is 12.2. The summed E-state index contributed by atoms with van der Waals surface area (Å²) in [5.74, 6) is 0.215. The smallest absolute Gasteiger partial charge is 0.201 e. The number of nitrogens with zero attached hydrogens (tertiary/aromatic N) is 2.